The summed E-state index contributed by atoms with van der Waals surface area (Å²) in [5.41, 5.74) is 1.19. The van der Waals surface area contributed by atoms with Crippen molar-refractivity contribution in [3.63, 3.8) is 0 Å². The van der Waals surface area contributed by atoms with Crippen molar-refractivity contribution in [1.29, 1.82) is 0 Å². The van der Waals surface area contributed by atoms with Gasteiger partial charge in [-0.05, 0) is 30.5 Å². The molecule has 0 bridgehead atoms. The summed E-state index contributed by atoms with van der Waals surface area (Å²) >= 11 is 1.58. The van der Waals surface area contributed by atoms with Crippen LogP contribution in [-0.2, 0) is 17.8 Å². The molecule has 122 valence electrons. The van der Waals surface area contributed by atoms with Crippen molar-refractivity contribution < 1.29 is 4.79 Å². The van der Waals surface area contributed by atoms with Crippen LogP contribution in [0.15, 0.2) is 46.7 Å². The van der Waals surface area contributed by atoms with E-state index < -0.39 is 0 Å². The van der Waals surface area contributed by atoms with E-state index in [1.54, 1.807) is 36.6 Å². The molecule has 0 radical (unpaired) electrons. The fourth-order valence-corrected chi connectivity index (χ4v) is 2.91. The maximum Gasteiger partial charge on any atom is 0.255 e. The molecule has 0 fully saturated rings. The predicted octanol–water partition coefficient (Wildman–Crippen LogP) is 2.06. The number of thiophene rings is 1. The summed E-state index contributed by atoms with van der Waals surface area (Å²) in [6.07, 6.45) is 1.64. The van der Waals surface area contributed by atoms with Crippen molar-refractivity contribution in [2.24, 2.45) is 0 Å². The van der Waals surface area contributed by atoms with Gasteiger partial charge < -0.3 is 10.3 Å². The van der Waals surface area contributed by atoms with Crippen LogP contribution >= 0.6 is 11.3 Å². The fraction of sp³-hybridized carbons (Fsp3) is 0.176. The summed E-state index contributed by atoms with van der Waals surface area (Å²) in [6.45, 7) is 2.19. The Kier molecular flexibility index (Phi) is 4.81. The second-order valence-corrected chi connectivity index (χ2v) is 6.26. The van der Waals surface area contributed by atoms with Gasteiger partial charge in [0.15, 0.2) is 5.82 Å². The van der Waals surface area contributed by atoms with Crippen LogP contribution < -0.4 is 10.9 Å². The quantitative estimate of drug-likeness (QED) is 0.744. The van der Waals surface area contributed by atoms with E-state index in [-0.39, 0.29) is 17.9 Å². The number of amides is 1. The van der Waals surface area contributed by atoms with E-state index in [1.165, 1.54) is 0 Å². The first-order valence-corrected chi connectivity index (χ1v) is 8.31. The molecule has 0 atom stereocenters. The average Bonchev–Trinajstić information content (AvgIpc) is 3.10. The molecule has 0 saturated carbocycles. The minimum atomic E-state index is -0.311. The Hall–Kier alpha value is -2.80. The second kappa shape index (κ2) is 7.18. The molecule has 7 heteroatoms. The van der Waals surface area contributed by atoms with Gasteiger partial charge in [0.2, 0.25) is 5.91 Å². The van der Waals surface area contributed by atoms with Crippen molar-refractivity contribution in [3.8, 4) is 11.5 Å². The Morgan fingerprint density at radius 1 is 1.29 bits per heavy atom. The molecule has 1 amide bonds. The number of aromatic nitrogens is 3. The smallest absolute Gasteiger partial charge is 0.255 e. The number of aromatic amines is 1. The monoisotopic (exact) mass is 340 g/mol. The number of carbonyl (C=O) groups is 1. The first kappa shape index (κ1) is 16.1. The van der Waals surface area contributed by atoms with Crippen molar-refractivity contribution in [1.82, 2.24) is 20.3 Å². The van der Waals surface area contributed by atoms with Crippen LogP contribution in [0.4, 0.5) is 0 Å². The third-order valence-electron chi connectivity index (χ3n) is 3.51. The molecule has 0 aliphatic rings. The molecule has 0 aromatic carbocycles. The van der Waals surface area contributed by atoms with Crippen LogP contribution in [0, 0.1) is 6.92 Å². The topological polar surface area (TPSA) is 87.7 Å². The first-order chi connectivity index (χ1) is 11.6. The van der Waals surface area contributed by atoms with Crippen LogP contribution in [0.1, 0.15) is 16.1 Å². The first-order valence-electron chi connectivity index (χ1n) is 7.44. The zero-order valence-electron chi connectivity index (χ0n) is 13.1. The zero-order chi connectivity index (χ0) is 16.9. The van der Waals surface area contributed by atoms with Gasteiger partial charge in [0.05, 0.1) is 13.0 Å². The lowest BCUT2D eigenvalue weighted by atomic mass is 10.1. The van der Waals surface area contributed by atoms with Crippen LogP contribution in [0.5, 0.6) is 0 Å². The van der Waals surface area contributed by atoms with Gasteiger partial charge in [0, 0.05) is 22.3 Å². The van der Waals surface area contributed by atoms with Gasteiger partial charge in [-0.2, -0.15) is 0 Å². The number of aryl methyl sites for hydroxylation is 1. The number of hydrogen-bond donors (Lipinski definition) is 2. The Balaban J connectivity index is 1.74. The van der Waals surface area contributed by atoms with E-state index in [1.807, 2.05) is 23.6 Å². The van der Waals surface area contributed by atoms with E-state index in [2.05, 4.69) is 20.3 Å². The van der Waals surface area contributed by atoms with E-state index in [9.17, 15) is 9.59 Å². The van der Waals surface area contributed by atoms with Crippen molar-refractivity contribution >= 4 is 17.2 Å². The van der Waals surface area contributed by atoms with E-state index in [4.69, 9.17) is 0 Å². The normalized spacial score (nSPS) is 10.5. The highest BCUT2D eigenvalue weighted by atomic mass is 32.1. The van der Waals surface area contributed by atoms with Crippen LogP contribution in [0.25, 0.3) is 11.5 Å². The lowest BCUT2D eigenvalue weighted by molar-refractivity contribution is -0.120. The summed E-state index contributed by atoms with van der Waals surface area (Å²) in [5, 5.41) is 4.77. The number of nitrogens with one attached hydrogen (secondary N) is 2. The molecular formula is C17H16N4O2S. The van der Waals surface area contributed by atoms with Gasteiger partial charge in [-0.25, -0.2) is 4.98 Å². The SMILES string of the molecule is Cc1nc(-c2ccccn2)[nH]c(=O)c1CC(=O)NCc1cccs1. The summed E-state index contributed by atoms with van der Waals surface area (Å²) in [5.74, 6) is 0.199. The average molecular weight is 340 g/mol. The molecule has 3 rings (SSSR count). The maximum atomic E-state index is 12.3. The summed E-state index contributed by atoms with van der Waals surface area (Å²) in [4.78, 5) is 36.7. The van der Waals surface area contributed by atoms with E-state index >= 15 is 0 Å². The van der Waals surface area contributed by atoms with Crippen molar-refractivity contribution in [2.45, 2.75) is 19.9 Å². The molecule has 0 aliphatic carbocycles. The second-order valence-electron chi connectivity index (χ2n) is 5.23. The van der Waals surface area contributed by atoms with Gasteiger partial charge >= 0.3 is 0 Å². The van der Waals surface area contributed by atoms with Crippen LogP contribution in [0.2, 0.25) is 0 Å². The fourth-order valence-electron chi connectivity index (χ4n) is 2.26. The molecule has 0 aliphatic heterocycles. The van der Waals surface area contributed by atoms with Crippen molar-refractivity contribution in [2.75, 3.05) is 0 Å². The van der Waals surface area contributed by atoms with Gasteiger partial charge in [0.25, 0.3) is 5.56 Å². The largest absolute Gasteiger partial charge is 0.351 e. The molecule has 3 heterocycles. The molecule has 24 heavy (non-hydrogen) atoms. The van der Waals surface area contributed by atoms with Gasteiger partial charge in [-0.3, -0.25) is 14.6 Å². The van der Waals surface area contributed by atoms with E-state index in [0.717, 1.165) is 4.88 Å². The number of carbonyl (C=O) groups excluding carboxylic acids is 1. The molecule has 6 nitrogen and oxygen atoms in total. The maximum absolute atomic E-state index is 12.3. The third-order valence-corrected chi connectivity index (χ3v) is 4.38. The summed E-state index contributed by atoms with van der Waals surface area (Å²) in [6, 6.07) is 9.27. The Morgan fingerprint density at radius 3 is 2.83 bits per heavy atom. The number of rotatable bonds is 5. The minimum Gasteiger partial charge on any atom is -0.351 e. The number of H-pyrrole nitrogens is 1. The van der Waals surface area contributed by atoms with Gasteiger partial charge in [-0.15, -0.1) is 11.3 Å². The zero-order valence-corrected chi connectivity index (χ0v) is 13.9. The highest BCUT2D eigenvalue weighted by Crippen LogP contribution is 2.11. The highest BCUT2D eigenvalue weighted by molar-refractivity contribution is 7.09. The van der Waals surface area contributed by atoms with Crippen LogP contribution in [-0.4, -0.2) is 20.9 Å². The lowest BCUT2D eigenvalue weighted by Crippen LogP contribution is -2.28. The van der Waals surface area contributed by atoms with E-state index in [0.29, 0.717) is 29.3 Å². The molecular weight excluding hydrogens is 324 g/mol. The molecule has 0 spiro atoms. The molecule has 2 N–H and O–H groups in total. The Morgan fingerprint density at radius 2 is 2.17 bits per heavy atom. The number of pyridine rings is 1. The van der Waals surface area contributed by atoms with Gasteiger partial charge in [-0.1, -0.05) is 12.1 Å². The van der Waals surface area contributed by atoms with Crippen molar-refractivity contribution in [3.05, 3.63) is 68.4 Å². The Labute approximate surface area is 142 Å². The van der Waals surface area contributed by atoms with Crippen LogP contribution in [0.3, 0.4) is 0 Å². The van der Waals surface area contributed by atoms with Gasteiger partial charge in [0.1, 0.15) is 5.69 Å². The Bertz CT molecular complexity index is 889. The third kappa shape index (κ3) is 3.75. The predicted molar refractivity (Wildman–Crippen MR) is 92.7 cm³/mol. The summed E-state index contributed by atoms with van der Waals surface area (Å²) < 4.78 is 0. The summed E-state index contributed by atoms with van der Waals surface area (Å²) in [7, 11) is 0. The molecule has 0 saturated heterocycles. The standard InChI is InChI=1S/C17H16N4O2S/c1-11-13(9-15(22)19-10-12-5-4-8-24-12)17(23)21-16(20-11)14-6-2-3-7-18-14/h2-8H,9-10H2,1H3,(H,19,22)(H,20,21,23). The minimum absolute atomic E-state index is 0.00202. The lowest BCUT2D eigenvalue weighted by Gasteiger charge is -2.07. The number of nitrogens with zero attached hydrogens (tertiary/aromatic N) is 2. The molecule has 3 aromatic heterocycles. The highest BCUT2D eigenvalue weighted by Gasteiger charge is 2.13. The number of hydrogen-bond acceptors (Lipinski definition) is 5. The molecule has 3 aromatic rings. The molecule has 0 unspecified atom stereocenters.